The molecule has 0 bridgehead atoms. The highest BCUT2D eigenvalue weighted by Crippen LogP contribution is 2.34. The lowest BCUT2D eigenvalue weighted by Crippen LogP contribution is -2.30. The van der Waals surface area contributed by atoms with Crippen LogP contribution in [0.25, 0.3) is 0 Å². The standard InChI is InChI=1S/C14H13BrN2OS/c15-12-6-11(7-16-8-12)14(18)17-4-1-2-13(17)10-3-5-19-9-10/h3,5-9,13H,1-2,4H2/t13-/m1/s1. The summed E-state index contributed by atoms with van der Waals surface area (Å²) in [7, 11) is 0. The van der Waals surface area contributed by atoms with Gasteiger partial charge < -0.3 is 4.90 Å². The number of carbonyl (C=O) groups is 1. The Kier molecular flexibility index (Phi) is 3.66. The largest absolute Gasteiger partial charge is 0.332 e. The summed E-state index contributed by atoms with van der Waals surface area (Å²) >= 11 is 5.04. The molecule has 1 aliphatic rings. The Labute approximate surface area is 124 Å². The number of amides is 1. The van der Waals surface area contributed by atoms with Crippen molar-refractivity contribution in [3.63, 3.8) is 0 Å². The number of carbonyl (C=O) groups excluding carboxylic acids is 1. The lowest BCUT2D eigenvalue weighted by Gasteiger charge is -2.24. The van der Waals surface area contributed by atoms with E-state index in [0.717, 1.165) is 23.9 Å². The highest BCUT2D eigenvalue weighted by Gasteiger charge is 2.30. The highest BCUT2D eigenvalue weighted by molar-refractivity contribution is 9.10. The van der Waals surface area contributed by atoms with E-state index in [2.05, 4.69) is 37.7 Å². The Morgan fingerprint density at radius 1 is 1.47 bits per heavy atom. The second-order valence-electron chi connectivity index (χ2n) is 4.61. The molecule has 1 atom stereocenters. The van der Waals surface area contributed by atoms with Crippen LogP contribution in [0.15, 0.2) is 39.8 Å². The van der Waals surface area contributed by atoms with E-state index >= 15 is 0 Å². The zero-order chi connectivity index (χ0) is 13.2. The van der Waals surface area contributed by atoms with Crippen molar-refractivity contribution in [2.45, 2.75) is 18.9 Å². The fraction of sp³-hybridized carbons (Fsp3) is 0.286. The fourth-order valence-electron chi connectivity index (χ4n) is 2.52. The van der Waals surface area contributed by atoms with Gasteiger partial charge in [-0.05, 0) is 57.2 Å². The van der Waals surface area contributed by atoms with Crippen LogP contribution in [0.4, 0.5) is 0 Å². The Balaban J connectivity index is 1.87. The molecule has 1 fully saturated rings. The van der Waals surface area contributed by atoms with Crippen LogP contribution in [0, 0.1) is 0 Å². The summed E-state index contributed by atoms with van der Waals surface area (Å²) < 4.78 is 0.838. The van der Waals surface area contributed by atoms with Crippen LogP contribution in [-0.2, 0) is 0 Å². The van der Waals surface area contributed by atoms with Gasteiger partial charge in [0.1, 0.15) is 0 Å². The van der Waals surface area contributed by atoms with E-state index in [4.69, 9.17) is 0 Å². The molecule has 98 valence electrons. The van der Waals surface area contributed by atoms with Gasteiger partial charge in [-0.25, -0.2) is 0 Å². The van der Waals surface area contributed by atoms with Crippen LogP contribution in [-0.4, -0.2) is 22.3 Å². The number of hydrogen-bond donors (Lipinski definition) is 0. The van der Waals surface area contributed by atoms with Crippen molar-refractivity contribution in [2.24, 2.45) is 0 Å². The van der Waals surface area contributed by atoms with E-state index in [-0.39, 0.29) is 11.9 Å². The molecule has 1 amide bonds. The van der Waals surface area contributed by atoms with Gasteiger partial charge in [-0.1, -0.05) is 0 Å². The molecule has 3 heterocycles. The van der Waals surface area contributed by atoms with Crippen molar-refractivity contribution in [2.75, 3.05) is 6.54 Å². The quantitative estimate of drug-likeness (QED) is 0.833. The Morgan fingerprint density at radius 3 is 3.11 bits per heavy atom. The zero-order valence-corrected chi connectivity index (χ0v) is 12.7. The van der Waals surface area contributed by atoms with Crippen molar-refractivity contribution in [1.29, 1.82) is 0 Å². The summed E-state index contributed by atoms with van der Waals surface area (Å²) in [5.74, 6) is 0.0718. The molecule has 2 aromatic rings. The SMILES string of the molecule is O=C(c1cncc(Br)c1)N1CCC[C@@H]1c1ccsc1. The first kappa shape index (κ1) is 12.8. The lowest BCUT2D eigenvalue weighted by atomic mass is 10.1. The molecule has 0 radical (unpaired) electrons. The molecule has 3 rings (SSSR count). The molecular weight excluding hydrogens is 324 g/mol. The summed E-state index contributed by atoms with van der Waals surface area (Å²) in [4.78, 5) is 18.6. The van der Waals surface area contributed by atoms with Gasteiger partial charge in [0.15, 0.2) is 0 Å². The van der Waals surface area contributed by atoms with Gasteiger partial charge in [0.25, 0.3) is 5.91 Å². The normalized spacial score (nSPS) is 18.8. The second-order valence-corrected chi connectivity index (χ2v) is 6.30. The van der Waals surface area contributed by atoms with Gasteiger partial charge in [0, 0.05) is 23.4 Å². The van der Waals surface area contributed by atoms with Crippen molar-refractivity contribution in [1.82, 2.24) is 9.88 Å². The topological polar surface area (TPSA) is 33.2 Å². The molecule has 3 nitrogen and oxygen atoms in total. The monoisotopic (exact) mass is 336 g/mol. The van der Waals surface area contributed by atoms with E-state index in [0.29, 0.717) is 5.56 Å². The number of likely N-dealkylation sites (tertiary alicyclic amines) is 1. The van der Waals surface area contributed by atoms with E-state index < -0.39 is 0 Å². The number of pyridine rings is 1. The Morgan fingerprint density at radius 2 is 2.37 bits per heavy atom. The number of thiophene rings is 1. The summed E-state index contributed by atoms with van der Waals surface area (Å²) in [5.41, 5.74) is 1.90. The summed E-state index contributed by atoms with van der Waals surface area (Å²) in [6.07, 6.45) is 5.44. The van der Waals surface area contributed by atoms with Crippen LogP contribution in [0.5, 0.6) is 0 Å². The predicted octanol–water partition coefficient (Wildman–Crippen LogP) is 3.88. The van der Waals surface area contributed by atoms with Crippen molar-refractivity contribution < 1.29 is 4.79 Å². The highest BCUT2D eigenvalue weighted by atomic mass is 79.9. The van der Waals surface area contributed by atoms with Gasteiger partial charge in [-0.3, -0.25) is 9.78 Å². The number of aromatic nitrogens is 1. The number of rotatable bonds is 2. The molecule has 0 aliphatic carbocycles. The van der Waals surface area contributed by atoms with Crippen LogP contribution in [0.1, 0.15) is 34.8 Å². The maximum absolute atomic E-state index is 12.6. The molecule has 19 heavy (non-hydrogen) atoms. The van der Waals surface area contributed by atoms with Crippen LogP contribution < -0.4 is 0 Å². The Bertz CT molecular complexity index is 585. The number of nitrogens with zero attached hydrogens (tertiary/aromatic N) is 2. The number of halogens is 1. The van der Waals surface area contributed by atoms with E-state index in [9.17, 15) is 4.79 Å². The van der Waals surface area contributed by atoms with Crippen LogP contribution in [0.2, 0.25) is 0 Å². The summed E-state index contributed by atoms with van der Waals surface area (Å²) in [5, 5.41) is 4.20. The Hall–Kier alpha value is -1.20. The third-order valence-corrected chi connectivity index (χ3v) is 4.53. The molecule has 1 aliphatic heterocycles. The van der Waals surface area contributed by atoms with Crippen molar-refractivity contribution in [3.8, 4) is 0 Å². The molecule has 5 heteroatoms. The third-order valence-electron chi connectivity index (χ3n) is 3.39. The minimum absolute atomic E-state index is 0.0718. The van der Waals surface area contributed by atoms with E-state index in [1.807, 2.05) is 11.0 Å². The van der Waals surface area contributed by atoms with Gasteiger partial charge in [0.2, 0.25) is 0 Å². The van der Waals surface area contributed by atoms with Gasteiger partial charge >= 0.3 is 0 Å². The zero-order valence-electron chi connectivity index (χ0n) is 10.3. The first-order valence-electron chi connectivity index (χ1n) is 6.19. The molecular formula is C14H13BrN2OS. The minimum Gasteiger partial charge on any atom is -0.332 e. The average Bonchev–Trinajstić information content (AvgIpc) is 3.08. The van der Waals surface area contributed by atoms with Crippen LogP contribution in [0.3, 0.4) is 0 Å². The molecule has 0 N–H and O–H groups in total. The van der Waals surface area contributed by atoms with E-state index in [1.54, 1.807) is 23.7 Å². The average molecular weight is 337 g/mol. The third kappa shape index (κ3) is 2.58. The molecule has 2 aromatic heterocycles. The van der Waals surface area contributed by atoms with Gasteiger partial charge in [-0.2, -0.15) is 11.3 Å². The summed E-state index contributed by atoms with van der Waals surface area (Å²) in [6.45, 7) is 0.825. The molecule has 0 unspecified atom stereocenters. The van der Waals surface area contributed by atoms with Gasteiger partial charge in [0.05, 0.1) is 11.6 Å². The van der Waals surface area contributed by atoms with E-state index in [1.165, 1.54) is 5.56 Å². The van der Waals surface area contributed by atoms with Crippen molar-refractivity contribution in [3.05, 3.63) is 50.9 Å². The summed E-state index contributed by atoms with van der Waals surface area (Å²) in [6, 6.07) is 4.16. The first-order valence-corrected chi connectivity index (χ1v) is 7.93. The lowest BCUT2D eigenvalue weighted by molar-refractivity contribution is 0.0735. The smallest absolute Gasteiger partial charge is 0.255 e. The maximum Gasteiger partial charge on any atom is 0.255 e. The molecule has 0 saturated carbocycles. The minimum atomic E-state index is 0.0718. The first-order chi connectivity index (χ1) is 9.25. The van der Waals surface area contributed by atoms with Gasteiger partial charge in [-0.15, -0.1) is 0 Å². The fourth-order valence-corrected chi connectivity index (χ4v) is 3.59. The molecule has 1 saturated heterocycles. The maximum atomic E-state index is 12.6. The number of hydrogen-bond acceptors (Lipinski definition) is 3. The molecule has 0 aromatic carbocycles. The van der Waals surface area contributed by atoms with Crippen molar-refractivity contribution >= 4 is 33.2 Å². The van der Waals surface area contributed by atoms with Crippen LogP contribution >= 0.6 is 27.3 Å². The molecule has 0 spiro atoms. The second kappa shape index (κ2) is 5.43. The predicted molar refractivity (Wildman–Crippen MR) is 79.3 cm³/mol.